The molecule has 0 heterocycles. The molecule has 0 fully saturated rings. The first-order chi connectivity index (χ1) is 5.31. The van der Waals surface area contributed by atoms with Crippen molar-refractivity contribution in [2.75, 3.05) is 19.6 Å². The highest BCUT2D eigenvalue weighted by Crippen LogP contribution is 1.77. The van der Waals surface area contributed by atoms with Gasteiger partial charge in [-0.05, 0) is 19.9 Å². The molecule has 3 nitrogen and oxygen atoms in total. The molecule has 0 saturated carbocycles. The first-order valence-electron chi connectivity index (χ1n) is 4.28. The highest BCUT2D eigenvalue weighted by Gasteiger charge is 1.96. The summed E-state index contributed by atoms with van der Waals surface area (Å²) in [6.45, 7) is 6.56. The zero-order valence-electron chi connectivity index (χ0n) is 7.44. The second-order valence-corrected chi connectivity index (χ2v) is 2.45. The van der Waals surface area contributed by atoms with E-state index < -0.39 is 0 Å². The molecular weight excluding hydrogens is 140 g/mol. The third-order valence-electron chi connectivity index (χ3n) is 1.33. The van der Waals surface area contributed by atoms with E-state index >= 15 is 0 Å². The van der Waals surface area contributed by atoms with E-state index in [0.29, 0.717) is 6.42 Å². The summed E-state index contributed by atoms with van der Waals surface area (Å²) in [5.41, 5.74) is 0. The van der Waals surface area contributed by atoms with Crippen molar-refractivity contribution >= 4 is 5.91 Å². The lowest BCUT2D eigenvalue weighted by molar-refractivity contribution is -0.120. The molecule has 0 aromatic heterocycles. The molecule has 0 aromatic rings. The van der Waals surface area contributed by atoms with Crippen molar-refractivity contribution in [1.29, 1.82) is 0 Å². The largest absolute Gasteiger partial charge is 0.356 e. The van der Waals surface area contributed by atoms with Crippen LogP contribution < -0.4 is 10.6 Å². The lowest BCUT2D eigenvalue weighted by Crippen LogP contribution is -2.27. The smallest absolute Gasteiger partial charge is 0.221 e. The van der Waals surface area contributed by atoms with Gasteiger partial charge in [-0.3, -0.25) is 4.79 Å². The van der Waals surface area contributed by atoms with Crippen molar-refractivity contribution in [3.63, 3.8) is 0 Å². The molecule has 66 valence electrons. The molecule has 0 bridgehead atoms. The Hall–Kier alpha value is -0.570. The van der Waals surface area contributed by atoms with Crippen molar-refractivity contribution < 1.29 is 4.79 Å². The zero-order valence-corrected chi connectivity index (χ0v) is 7.44. The van der Waals surface area contributed by atoms with Crippen molar-refractivity contribution in [1.82, 2.24) is 10.6 Å². The molecule has 0 radical (unpaired) electrons. The second kappa shape index (κ2) is 7.54. The quantitative estimate of drug-likeness (QED) is 0.553. The Morgan fingerprint density at radius 2 is 2.00 bits per heavy atom. The standard InChI is InChI=1S/C8H18N2O/c1-3-6-9-7-5-8(11)10-4-2/h9H,3-7H2,1-2H3,(H,10,11). The molecule has 1 amide bonds. The van der Waals surface area contributed by atoms with Gasteiger partial charge in [-0.25, -0.2) is 0 Å². The molecule has 0 unspecified atom stereocenters. The van der Waals surface area contributed by atoms with Crippen LogP contribution in [0.1, 0.15) is 26.7 Å². The molecule has 0 aliphatic heterocycles. The number of hydrogen-bond acceptors (Lipinski definition) is 2. The van der Waals surface area contributed by atoms with E-state index in [4.69, 9.17) is 0 Å². The van der Waals surface area contributed by atoms with Crippen molar-refractivity contribution in [2.24, 2.45) is 0 Å². The Labute approximate surface area is 68.6 Å². The number of carbonyl (C=O) groups excluding carboxylic acids is 1. The maximum absolute atomic E-state index is 10.9. The number of carbonyl (C=O) groups is 1. The summed E-state index contributed by atoms with van der Waals surface area (Å²) in [7, 11) is 0. The van der Waals surface area contributed by atoms with Crippen LogP contribution in [0.2, 0.25) is 0 Å². The van der Waals surface area contributed by atoms with E-state index in [1.807, 2.05) is 6.92 Å². The molecule has 2 N–H and O–H groups in total. The van der Waals surface area contributed by atoms with Gasteiger partial charge in [0.15, 0.2) is 0 Å². The Bertz CT molecular complexity index is 104. The summed E-state index contributed by atoms with van der Waals surface area (Å²) >= 11 is 0. The van der Waals surface area contributed by atoms with E-state index in [0.717, 1.165) is 26.1 Å². The van der Waals surface area contributed by atoms with Gasteiger partial charge in [0.25, 0.3) is 0 Å². The molecule has 3 heteroatoms. The lowest BCUT2D eigenvalue weighted by atomic mass is 10.4. The van der Waals surface area contributed by atoms with Gasteiger partial charge in [-0.1, -0.05) is 6.92 Å². The van der Waals surface area contributed by atoms with Gasteiger partial charge in [0.2, 0.25) is 5.91 Å². The highest BCUT2D eigenvalue weighted by atomic mass is 16.1. The van der Waals surface area contributed by atoms with E-state index in [1.54, 1.807) is 0 Å². The number of amides is 1. The first-order valence-corrected chi connectivity index (χ1v) is 4.28. The SMILES string of the molecule is CCCNCCC(=O)NCC. The average molecular weight is 158 g/mol. The fraction of sp³-hybridized carbons (Fsp3) is 0.875. The van der Waals surface area contributed by atoms with Crippen molar-refractivity contribution in [2.45, 2.75) is 26.7 Å². The Morgan fingerprint density at radius 1 is 1.27 bits per heavy atom. The van der Waals surface area contributed by atoms with Crippen LogP contribution in [-0.2, 0) is 4.79 Å². The molecule has 0 saturated heterocycles. The molecular formula is C8H18N2O. The summed E-state index contributed by atoms with van der Waals surface area (Å²) in [6, 6.07) is 0. The van der Waals surface area contributed by atoms with Crippen molar-refractivity contribution in [3.8, 4) is 0 Å². The zero-order chi connectivity index (χ0) is 8.53. The Balaban J connectivity index is 3.04. The molecule has 0 rings (SSSR count). The molecule has 0 aromatic carbocycles. The monoisotopic (exact) mass is 158 g/mol. The van der Waals surface area contributed by atoms with Crippen LogP contribution in [0.25, 0.3) is 0 Å². The van der Waals surface area contributed by atoms with Crippen LogP contribution in [0.4, 0.5) is 0 Å². The summed E-state index contributed by atoms with van der Waals surface area (Å²) in [5.74, 6) is 0.135. The number of hydrogen-bond donors (Lipinski definition) is 2. The average Bonchev–Trinajstić information content (AvgIpc) is 1.99. The topological polar surface area (TPSA) is 41.1 Å². The van der Waals surface area contributed by atoms with Gasteiger partial charge in [0.1, 0.15) is 0 Å². The first kappa shape index (κ1) is 10.4. The number of rotatable bonds is 6. The summed E-state index contributed by atoms with van der Waals surface area (Å²) in [5, 5.41) is 5.91. The minimum absolute atomic E-state index is 0.135. The van der Waals surface area contributed by atoms with Crippen LogP contribution in [0, 0.1) is 0 Å². The van der Waals surface area contributed by atoms with Gasteiger partial charge in [0.05, 0.1) is 0 Å². The van der Waals surface area contributed by atoms with Gasteiger partial charge in [-0.15, -0.1) is 0 Å². The molecule has 11 heavy (non-hydrogen) atoms. The van der Waals surface area contributed by atoms with Crippen LogP contribution in [-0.4, -0.2) is 25.5 Å². The van der Waals surface area contributed by atoms with Crippen LogP contribution in [0.15, 0.2) is 0 Å². The molecule has 0 atom stereocenters. The molecule has 0 aliphatic rings. The summed E-state index contributed by atoms with van der Waals surface area (Å²) in [4.78, 5) is 10.9. The highest BCUT2D eigenvalue weighted by molar-refractivity contribution is 5.75. The number of nitrogens with one attached hydrogen (secondary N) is 2. The predicted molar refractivity (Wildman–Crippen MR) is 46.5 cm³/mol. The minimum Gasteiger partial charge on any atom is -0.356 e. The van der Waals surface area contributed by atoms with Gasteiger partial charge in [-0.2, -0.15) is 0 Å². The fourth-order valence-corrected chi connectivity index (χ4v) is 0.789. The Kier molecular flexibility index (Phi) is 7.15. The summed E-state index contributed by atoms with van der Waals surface area (Å²) in [6.07, 6.45) is 1.71. The molecule has 0 aliphatic carbocycles. The van der Waals surface area contributed by atoms with Crippen molar-refractivity contribution in [3.05, 3.63) is 0 Å². The van der Waals surface area contributed by atoms with Gasteiger partial charge >= 0.3 is 0 Å². The fourth-order valence-electron chi connectivity index (χ4n) is 0.789. The molecule has 0 spiro atoms. The third-order valence-corrected chi connectivity index (χ3v) is 1.33. The lowest BCUT2D eigenvalue weighted by Gasteiger charge is -2.02. The minimum atomic E-state index is 0.135. The maximum Gasteiger partial charge on any atom is 0.221 e. The summed E-state index contributed by atoms with van der Waals surface area (Å²) < 4.78 is 0. The normalized spacial score (nSPS) is 9.64. The second-order valence-electron chi connectivity index (χ2n) is 2.45. The van der Waals surface area contributed by atoms with Crippen LogP contribution in [0.3, 0.4) is 0 Å². The van der Waals surface area contributed by atoms with Crippen LogP contribution >= 0.6 is 0 Å². The Morgan fingerprint density at radius 3 is 2.55 bits per heavy atom. The predicted octanol–water partition coefficient (Wildman–Crippen LogP) is 0.512. The van der Waals surface area contributed by atoms with E-state index in [1.165, 1.54) is 0 Å². The van der Waals surface area contributed by atoms with Crippen LogP contribution in [0.5, 0.6) is 0 Å². The maximum atomic E-state index is 10.9. The van der Waals surface area contributed by atoms with E-state index in [9.17, 15) is 4.79 Å². The van der Waals surface area contributed by atoms with Gasteiger partial charge in [0, 0.05) is 19.5 Å². The van der Waals surface area contributed by atoms with E-state index in [-0.39, 0.29) is 5.91 Å². The third kappa shape index (κ3) is 7.33. The van der Waals surface area contributed by atoms with E-state index in [2.05, 4.69) is 17.6 Å². The van der Waals surface area contributed by atoms with Gasteiger partial charge < -0.3 is 10.6 Å².